The monoisotopic (exact) mass is 327 g/mol. The van der Waals surface area contributed by atoms with Gasteiger partial charge in [0.25, 0.3) is 0 Å². The van der Waals surface area contributed by atoms with Gasteiger partial charge in [-0.25, -0.2) is 0 Å². The average Bonchev–Trinajstić information content (AvgIpc) is 3.02. The molecule has 0 bridgehead atoms. The quantitative estimate of drug-likeness (QED) is 0.878. The summed E-state index contributed by atoms with van der Waals surface area (Å²) in [4.78, 5) is 4.83. The molecule has 0 amide bonds. The Kier molecular flexibility index (Phi) is 3.71. The van der Waals surface area contributed by atoms with Gasteiger partial charge in [0.1, 0.15) is 11.4 Å². The second kappa shape index (κ2) is 5.87. The van der Waals surface area contributed by atoms with E-state index in [0.29, 0.717) is 13.2 Å². The van der Waals surface area contributed by atoms with Crippen molar-refractivity contribution in [3.63, 3.8) is 0 Å². The number of halogens is 1. The second-order valence-corrected chi connectivity index (χ2v) is 6.41. The third-order valence-corrected chi connectivity index (χ3v) is 4.57. The number of nitrogens with zero attached hydrogens (tertiary/aromatic N) is 1. The van der Waals surface area contributed by atoms with Crippen molar-refractivity contribution in [1.82, 2.24) is 0 Å². The van der Waals surface area contributed by atoms with E-state index in [-0.39, 0.29) is 5.54 Å². The van der Waals surface area contributed by atoms with Crippen LogP contribution in [-0.4, -0.2) is 24.6 Å². The SMILES string of the molecule is Clc1cccc(CN=C2Nc3ccccc3NC23CCOC3)c1. The lowest BCUT2D eigenvalue weighted by Gasteiger charge is -2.37. The van der Waals surface area contributed by atoms with Crippen LogP contribution in [-0.2, 0) is 11.3 Å². The van der Waals surface area contributed by atoms with Crippen molar-refractivity contribution in [3.05, 3.63) is 59.1 Å². The molecule has 2 aliphatic rings. The Morgan fingerprint density at radius 2 is 2.00 bits per heavy atom. The minimum absolute atomic E-state index is 0.257. The highest BCUT2D eigenvalue weighted by Crippen LogP contribution is 2.35. The third kappa shape index (κ3) is 2.80. The molecule has 0 saturated carbocycles. The average molecular weight is 328 g/mol. The standard InChI is InChI=1S/C18H18ClN3O/c19-14-5-3-4-13(10-14)11-20-17-18(8-9-23-12-18)22-16-7-2-1-6-15(16)21-17/h1-7,10,22H,8-9,11-12H2,(H,20,21). The first-order valence-electron chi connectivity index (χ1n) is 7.77. The maximum Gasteiger partial charge on any atom is 0.130 e. The fraction of sp³-hybridized carbons (Fsp3) is 0.278. The van der Waals surface area contributed by atoms with Gasteiger partial charge < -0.3 is 15.4 Å². The summed E-state index contributed by atoms with van der Waals surface area (Å²) in [6.07, 6.45) is 0.905. The summed E-state index contributed by atoms with van der Waals surface area (Å²) in [5.41, 5.74) is 2.99. The van der Waals surface area contributed by atoms with Crippen molar-refractivity contribution in [2.75, 3.05) is 23.8 Å². The van der Waals surface area contributed by atoms with E-state index in [2.05, 4.69) is 22.8 Å². The minimum Gasteiger partial charge on any atom is -0.378 e. The van der Waals surface area contributed by atoms with Crippen LogP contribution in [0.2, 0.25) is 5.02 Å². The Labute approximate surface area is 140 Å². The van der Waals surface area contributed by atoms with Gasteiger partial charge in [0.15, 0.2) is 0 Å². The number of rotatable bonds is 2. The van der Waals surface area contributed by atoms with Gasteiger partial charge in [0.05, 0.1) is 24.5 Å². The first kappa shape index (κ1) is 14.5. The Morgan fingerprint density at radius 3 is 2.78 bits per heavy atom. The van der Waals surface area contributed by atoms with Gasteiger partial charge in [-0.1, -0.05) is 35.9 Å². The molecule has 4 nitrogen and oxygen atoms in total. The summed E-state index contributed by atoms with van der Waals surface area (Å²) in [7, 11) is 0. The lowest BCUT2D eigenvalue weighted by Crippen LogP contribution is -2.53. The number of nitrogens with one attached hydrogen (secondary N) is 2. The molecule has 4 rings (SSSR count). The van der Waals surface area contributed by atoms with E-state index in [9.17, 15) is 0 Å². The molecule has 1 saturated heterocycles. The molecule has 5 heteroatoms. The van der Waals surface area contributed by atoms with E-state index in [1.54, 1.807) is 0 Å². The molecular weight excluding hydrogens is 310 g/mol. The zero-order valence-corrected chi connectivity index (χ0v) is 13.4. The number of ether oxygens (including phenoxy) is 1. The zero-order chi connectivity index (χ0) is 15.7. The third-order valence-electron chi connectivity index (χ3n) is 4.34. The number of hydrogen-bond donors (Lipinski definition) is 2. The van der Waals surface area contributed by atoms with Crippen molar-refractivity contribution >= 4 is 28.8 Å². The minimum atomic E-state index is -0.257. The highest BCUT2D eigenvalue weighted by atomic mass is 35.5. The van der Waals surface area contributed by atoms with Gasteiger partial charge >= 0.3 is 0 Å². The van der Waals surface area contributed by atoms with E-state index in [4.69, 9.17) is 21.3 Å². The van der Waals surface area contributed by atoms with Gasteiger partial charge in [-0.05, 0) is 29.8 Å². The van der Waals surface area contributed by atoms with Crippen molar-refractivity contribution < 1.29 is 4.74 Å². The molecule has 2 aromatic rings. The number of benzene rings is 2. The normalized spacial score (nSPS) is 24.3. The predicted molar refractivity (Wildman–Crippen MR) is 94.4 cm³/mol. The molecule has 2 aliphatic heterocycles. The van der Waals surface area contributed by atoms with Crippen LogP contribution in [0.3, 0.4) is 0 Å². The molecule has 1 atom stereocenters. The van der Waals surface area contributed by atoms with Crippen LogP contribution in [0.25, 0.3) is 0 Å². The van der Waals surface area contributed by atoms with Gasteiger partial charge in [-0.15, -0.1) is 0 Å². The maximum absolute atomic E-state index is 6.06. The van der Waals surface area contributed by atoms with Gasteiger partial charge in [-0.3, -0.25) is 4.99 Å². The van der Waals surface area contributed by atoms with Crippen molar-refractivity contribution in [1.29, 1.82) is 0 Å². The van der Waals surface area contributed by atoms with E-state index >= 15 is 0 Å². The summed E-state index contributed by atoms with van der Waals surface area (Å²) in [5, 5.41) is 7.85. The number of anilines is 2. The molecule has 2 N–H and O–H groups in total. The lowest BCUT2D eigenvalue weighted by atomic mass is 9.93. The number of fused-ring (bicyclic) bond motifs is 1. The Hall–Kier alpha value is -2.04. The number of para-hydroxylation sites is 2. The van der Waals surface area contributed by atoms with Gasteiger partial charge in [0, 0.05) is 18.1 Å². The molecule has 0 aliphatic carbocycles. The molecular formula is C18H18ClN3O. The summed E-state index contributed by atoms with van der Waals surface area (Å²) < 4.78 is 5.65. The largest absolute Gasteiger partial charge is 0.378 e. The van der Waals surface area contributed by atoms with Crippen molar-refractivity contribution in [2.24, 2.45) is 4.99 Å². The molecule has 1 spiro atoms. The fourth-order valence-corrected chi connectivity index (χ4v) is 3.33. The molecule has 0 radical (unpaired) electrons. The van der Waals surface area contributed by atoms with Crippen LogP contribution < -0.4 is 10.6 Å². The van der Waals surface area contributed by atoms with E-state index in [0.717, 1.165) is 40.8 Å². The number of aliphatic imine (C=N–C) groups is 1. The molecule has 1 fully saturated rings. The summed E-state index contributed by atoms with van der Waals surface area (Å²) in [6, 6.07) is 16.0. The second-order valence-electron chi connectivity index (χ2n) is 5.98. The first-order chi connectivity index (χ1) is 11.3. The van der Waals surface area contributed by atoms with Crippen molar-refractivity contribution in [2.45, 2.75) is 18.5 Å². The Bertz CT molecular complexity index is 753. The van der Waals surface area contributed by atoms with E-state index < -0.39 is 0 Å². The number of hydrogen-bond acceptors (Lipinski definition) is 3. The number of amidine groups is 1. The maximum atomic E-state index is 6.06. The van der Waals surface area contributed by atoms with Crippen LogP contribution in [0, 0.1) is 0 Å². The van der Waals surface area contributed by atoms with Crippen LogP contribution in [0.1, 0.15) is 12.0 Å². The van der Waals surface area contributed by atoms with Gasteiger partial charge in [-0.2, -0.15) is 0 Å². The molecule has 0 aromatic heterocycles. The summed E-state index contributed by atoms with van der Waals surface area (Å²) in [5.74, 6) is 0.939. The topological polar surface area (TPSA) is 45.7 Å². The summed E-state index contributed by atoms with van der Waals surface area (Å²) in [6.45, 7) is 1.96. The van der Waals surface area contributed by atoms with Gasteiger partial charge in [0.2, 0.25) is 0 Å². The summed E-state index contributed by atoms with van der Waals surface area (Å²) >= 11 is 6.06. The highest BCUT2D eigenvalue weighted by molar-refractivity contribution is 6.30. The van der Waals surface area contributed by atoms with E-state index in [1.165, 1.54) is 0 Å². The van der Waals surface area contributed by atoms with Crippen LogP contribution in [0.4, 0.5) is 11.4 Å². The zero-order valence-electron chi connectivity index (χ0n) is 12.7. The Morgan fingerprint density at radius 1 is 1.13 bits per heavy atom. The predicted octanol–water partition coefficient (Wildman–Crippen LogP) is 3.94. The fourth-order valence-electron chi connectivity index (χ4n) is 3.11. The lowest BCUT2D eigenvalue weighted by molar-refractivity contribution is 0.190. The smallest absolute Gasteiger partial charge is 0.130 e. The highest BCUT2D eigenvalue weighted by Gasteiger charge is 2.43. The Balaban J connectivity index is 1.66. The molecule has 23 heavy (non-hydrogen) atoms. The van der Waals surface area contributed by atoms with Crippen LogP contribution in [0.15, 0.2) is 53.5 Å². The molecule has 118 valence electrons. The first-order valence-corrected chi connectivity index (χ1v) is 8.14. The van der Waals surface area contributed by atoms with Crippen LogP contribution in [0.5, 0.6) is 0 Å². The van der Waals surface area contributed by atoms with Crippen LogP contribution >= 0.6 is 11.6 Å². The molecule has 1 unspecified atom stereocenters. The van der Waals surface area contributed by atoms with E-state index in [1.807, 2.05) is 36.4 Å². The molecule has 2 aromatic carbocycles. The molecule has 2 heterocycles. The van der Waals surface area contributed by atoms with Crippen molar-refractivity contribution in [3.8, 4) is 0 Å².